The third kappa shape index (κ3) is 2.63. The quantitative estimate of drug-likeness (QED) is 0.609. The number of rotatable bonds is 3. The summed E-state index contributed by atoms with van der Waals surface area (Å²) in [7, 11) is 0. The highest BCUT2D eigenvalue weighted by Gasteiger charge is 2.27. The van der Waals surface area contributed by atoms with Gasteiger partial charge in [-0.05, 0) is 41.1 Å². The van der Waals surface area contributed by atoms with Gasteiger partial charge in [0.1, 0.15) is 0 Å². The number of H-pyrrole nitrogens is 1. The first-order valence-corrected chi connectivity index (χ1v) is 9.76. The molecule has 0 bridgehead atoms. The number of aromatic amines is 1. The largest absolute Gasteiger partial charge is 0.379 e. The molecule has 0 saturated carbocycles. The molecule has 0 atom stereocenters. The second-order valence-electron chi connectivity index (χ2n) is 6.94. The van der Waals surface area contributed by atoms with Crippen molar-refractivity contribution in [2.24, 2.45) is 0 Å². The van der Waals surface area contributed by atoms with Gasteiger partial charge < -0.3 is 4.74 Å². The van der Waals surface area contributed by atoms with Gasteiger partial charge in [-0.3, -0.25) is 10.00 Å². The molecule has 0 unspecified atom stereocenters. The first-order chi connectivity index (χ1) is 12.3. The summed E-state index contributed by atoms with van der Waals surface area (Å²) >= 11 is 1.72. The van der Waals surface area contributed by atoms with Crippen molar-refractivity contribution in [2.75, 3.05) is 26.3 Å². The van der Waals surface area contributed by atoms with E-state index in [2.05, 4.69) is 51.0 Å². The number of aromatic nitrogens is 2. The van der Waals surface area contributed by atoms with Crippen molar-refractivity contribution >= 4 is 11.3 Å². The molecule has 5 heteroatoms. The maximum atomic E-state index is 5.47. The SMILES string of the molecule is Cc1cc(CN2CCOCC2)cc2c1Cc1c(-c3ccsc3)n[nH]c1-2. The van der Waals surface area contributed by atoms with Crippen LogP contribution in [0, 0.1) is 6.92 Å². The molecule has 0 amide bonds. The molecule has 1 aliphatic carbocycles. The zero-order valence-electron chi connectivity index (χ0n) is 14.3. The Morgan fingerprint density at radius 1 is 1.24 bits per heavy atom. The third-order valence-electron chi connectivity index (χ3n) is 5.33. The molecule has 128 valence electrons. The van der Waals surface area contributed by atoms with Gasteiger partial charge in [0.2, 0.25) is 0 Å². The average molecular weight is 351 g/mol. The van der Waals surface area contributed by atoms with E-state index in [-0.39, 0.29) is 0 Å². The Balaban J connectivity index is 1.51. The molecule has 4 nitrogen and oxygen atoms in total. The zero-order chi connectivity index (χ0) is 16.8. The molecule has 2 aromatic heterocycles. The molecular weight excluding hydrogens is 330 g/mol. The van der Waals surface area contributed by atoms with Crippen LogP contribution in [-0.2, 0) is 17.7 Å². The summed E-state index contributed by atoms with van der Waals surface area (Å²) in [5.74, 6) is 0. The maximum absolute atomic E-state index is 5.47. The number of morpholine rings is 1. The Kier molecular flexibility index (Phi) is 3.73. The van der Waals surface area contributed by atoms with Crippen LogP contribution in [0.3, 0.4) is 0 Å². The standard InChI is InChI=1S/C20H21N3OS/c1-13-8-14(11-23-3-5-24-6-4-23)9-17-16(13)10-18-19(21-22-20(17)18)15-2-7-25-12-15/h2,7-9,12H,3-6,10-11H2,1H3,(H,21,22). The average Bonchev–Trinajstić information content (AvgIpc) is 3.32. The van der Waals surface area contributed by atoms with E-state index < -0.39 is 0 Å². The van der Waals surface area contributed by atoms with Crippen LogP contribution in [0.2, 0.25) is 0 Å². The van der Waals surface area contributed by atoms with Gasteiger partial charge in [-0.15, -0.1) is 0 Å². The fraction of sp³-hybridized carbons (Fsp3) is 0.350. The number of nitrogens with one attached hydrogen (secondary N) is 1. The lowest BCUT2D eigenvalue weighted by molar-refractivity contribution is 0.0342. The molecular formula is C20H21N3OS. The molecule has 1 saturated heterocycles. The van der Waals surface area contributed by atoms with Crippen molar-refractivity contribution in [1.82, 2.24) is 15.1 Å². The number of hydrogen-bond acceptors (Lipinski definition) is 4. The lowest BCUT2D eigenvalue weighted by Crippen LogP contribution is -2.35. The Labute approximate surface area is 151 Å². The third-order valence-corrected chi connectivity index (χ3v) is 6.01. The van der Waals surface area contributed by atoms with E-state index in [9.17, 15) is 0 Å². The van der Waals surface area contributed by atoms with Crippen molar-refractivity contribution < 1.29 is 4.74 Å². The maximum Gasteiger partial charge on any atom is 0.0970 e. The van der Waals surface area contributed by atoms with Crippen LogP contribution in [0.5, 0.6) is 0 Å². The summed E-state index contributed by atoms with van der Waals surface area (Å²) in [4.78, 5) is 2.48. The molecule has 1 fully saturated rings. The molecule has 25 heavy (non-hydrogen) atoms. The topological polar surface area (TPSA) is 41.1 Å². The Hall–Kier alpha value is -1.95. The van der Waals surface area contributed by atoms with Crippen molar-refractivity contribution in [2.45, 2.75) is 19.9 Å². The van der Waals surface area contributed by atoms with Crippen LogP contribution in [0.1, 0.15) is 22.3 Å². The Morgan fingerprint density at radius 3 is 2.92 bits per heavy atom. The number of fused-ring (bicyclic) bond motifs is 3. The normalized spacial score (nSPS) is 16.8. The number of ether oxygens (including phenoxy) is 1. The minimum absolute atomic E-state index is 0.846. The lowest BCUT2D eigenvalue weighted by Gasteiger charge is -2.27. The Morgan fingerprint density at radius 2 is 2.12 bits per heavy atom. The van der Waals surface area contributed by atoms with Crippen LogP contribution in [0.25, 0.3) is 22.5 Å². The molecule has 1 N–H and O–H groups in total. The smallest absolute Gasteiger partial charge is 0.0970 e. The number of aryl methyl sites for hydroxylation is 1. The molecule has 3 aromatic rings. The lowest BCUT2D eigenvalue weighted by atomic mass is 9.99. The monoisotopic (exact) mass is 351 g/mol. The van der Waals surface area contributed by atoms with Crippen molar-refractivity contribution in [3.05, 3.63) is 51.2 Å². The van der Waals surface area contributed by atoms with Gasteiger partial charge >= 0.3 is 0 Å². The van der Waals surface area contributed by atoms with Crippen LogP contribution in [-0.4, -0.2) is 41.4 Å². The van der Waals surface area contributed by atoms with Gasteiger partial charge in [-0.2, -0.15) is 16.4 Å². The van der Waals surface area contributed by atoms with Gasteiger partial charge in [0.25, 0.3) is 0 Å². The van der Waals surface area contributed by atoms with Crippen LogP contribution in [0.4, 0.5) is 0 Å². The molecule has 0 radical (unpaired) electrons. The summed E-state index contributed by atoms with van der Waals surface area (Å²) < 4.78 is 5.47. The summed E-state index contributed by atoms with van der Waals surface area (Å²) in [6, 6.07) is 6.87. The second kappa shape index (κ2) is 6.09. The molecule has 1 aliphatic heterocycles. The van der Waals surface area contributed by atoms with Gasteiger partial charge in [0, 0.05) is 48.1 Å². The van der Waals surface area contributed by atoms with Crippen molar-refractivity contribution in [3.63, 3.8) is 0 Å². The molecule has 3 heterocycles. The second-order valence-corrected chi connectivity index (χ2v) is 7.72. The minimum Gasteiger partial charge on any atom is -0.379 e. The summed E-state index contributed by atoms with van der Waals surface area (Å²) in [5.41, 5.74) is 10.5. The van der Waals surface area contributed by atoms with E-state index in [0.29, 0.717) is 0 Å². The summed E-state index contributed by atoms with van der Waals surface area (Å²) in [5, 5.41) is 12.2. The number of nitrogens with zero attached hydrogens (tertiary/aromatic N) is 2. The number of hydrogen-bond donors (Lipinski definition) is 1. The molecule has 5 rings (SSSR count). The van der Waals surface area contributed by atoms with Gasteiger partial charge in [-0.25, -0.2) is 0 Å². The van der Waals surface area contributed by atoms with E-state index in [1.54, 1.807) is 11.3 Å². The van der Waals surface area contributed by atoms with Crippen LogP contribution in [0.15, 0.2) is 29.0 Å². The van der Waals surface area contributed by atoms with Crippen molar-refractivity contribution in [3.8, 4) is 22.5 Å². The van der Waals surface area contributed by atoms with E-state index in [1.165, 1.54) is 39.1 Å². The summed E-state index contributed by atoms with van der Waals surface area (Å²) in [6.07, 6.45) is 0.982. The van der Waals surface area contributed by atoms with E-state index in [0.717, 1.165) is 45.0 Å². The molecule has 0 spiro atoms. The van der Waals surface area contributed by atoms with Crippen LogP contribution >= 0.6 is 11.3 Å². The van der Waals surface area contributed by atoms with Crippen LogP contribution < -0.4 is 0 Å². The van der Waals surface area contributed by atoms with Gasteiger partial charge in [0.15, 0.2) is 0 Å². The minimum atomic E-state index is 0.846. The number of benzene rings is 1. The first-order valence-electron chi connectivity index (χ1n) is 8.82. The van der Waals surface area contributed by atoms with Gasteiger partial charge in [0.05, 0.1) is 24.6 Å². The van der Waals surface area contributed by atoms with Gasteiger partial charge in [-0.1, -0.05) is 6.07 Å². The number of thiophene rings is 1. The highest BCUT2D eigenvalue weighted by molar-refractivity contribution is 7.08. The fourth-order valence-electron chi connectivity index (χ4n) is 4.03. The first kappa shape index (κ1) is 15.3. The zero-order valence-corrected chi connectivity index (χ0v) is 15.2. The Bertz CT molecular complexity index is 907. The molecule has 2 aliphatic rings. The van der Waals surface area contributed by atoms with E-state index in [1.807, 2.05) is 0 Å². The predicted molar refractivity (Wildman–Crippen MR) is 101 cm³/mol. The van der Waals surface area contributed by atoms with E-state index >= 15 is 0 Å². The molecule has 1 aromatic carbocycles. The highest BCUT2D eigenvalue weighted by atomic mass is 32.1. The fourth-order valence-corrected chi connectivity index (χ4v) is 4.67. The predicted octanol–water partition coefficient (Wildman–Crippen LogP) is 3.85. The van der Waals surface area contributed by atoms with E-state index in [4.69, 9.17) is 4.74 Å². The highest BCUT2D eigenvalue weighted by Crippen LogP contribution is 2.42. The summed E-state index contributed by atoms with van der Waals surface area (Å²) in [6.45, 7) is 6.97. The van der Waals surface area contributed by atoms with Crippen molar-refractivity contribution in [1.29, 1.82) is 0 Å².